The van der Waals surface area contributed by atoms with Crippen molar-refractivity contribution >= 4 is 33.0 Å². The number of nitrogens with one attached hydrogen (secondary N) is 1. The fourth-order valence-corrected chi connectivity index (χ4v) is 4.29. The summed E-state index contributed by atoms with van der Waals surface area (Å²) < 4.78 is 52.7. The molecule has 134 valence electrons. The number of halogens is 1. The van der Waals surface area contributed by atoms with E-state index in [0.717, 1.165) is 0 Å². The first-order chi connectivity index (χ1) is 12.1. The number of aromatic hydroxyl groups is 1. The van der Waals surface area contributed by atoms with Gasteiger partial charge in [-0.1, -0.05) is 32.4 Å². The van der Waals surface area contributed by atoms with Crippen molar-refractivity contribution in [3.05, 3.63) is 17.2 Å². The van der Waals surface area contributed by atoms with E-state index < -0.39 is 50.0 Å². The van der Waals surface area contributed by atoms with Crippen LogP contribution in [0.4, 0.5) is 5.69 Å². The highest BCUT2D eigenvalue weighted by Crippen LogP contribution is 2.43. The Labute approximate surface area is 151 Å². The Morgan fingerprint density at radius 3 is 2.62 bits per heavy atom. The SMILES string of the molecule is [2H]C([2H])([2H])C1(S(=O)(=O)c2c(Cl)ccc(NC(=O)C(C)(C)C)c2O)CCOC1. The topological polar surface area (TPSA) is 92.7 Å². The predicted octanol–water partition coefficient (Wildman–Crippen LogP) is 2.98. The largest absolute Gasteiger partial charge is 0.504 e. The second-order valence-electron chi connectivity index (χ2n) is 6.78. The molecule has 2 N–H and O–H groups in total. The number of ether oxygens (including phenoxy) is 1. The van der Waals surface area contributed by atoms with Gasteiger partial charge in [-0.05, 0) is 25.4 Å². The van der Waals surface area contributed by atoms with Crippen molar-refractivity contribution in [2.75, 3.05) is 18.5 Å². The molecule has 1 heterocycles. The molecule has 0 bridgehead atoms. The van der Waals surface area contributed by atoms with Gasteiger partial charge in [0.25, 0.3) is 0 Å². The molecule has 2 rings (SSSR count). The van der Waals surface area contributed by atoms with Crippen LogP contribution >= 0.6 is 11.6 Å². The lowest BCUT2D eigenvalue weighted by Gasteiger charge is -2.24. The van der Waals surface area contributed by atoms with Crippen molar-refractivity contribution in [2.24, 2.45) is 5.41 Å². The maximum absolute atomic E-state index is 13.3. The Bertz CT molecular complexity index is 856. The number of rotatable bonds is 3. The Kier molecular flexibility index (Phi) is 3.87. The lowest BCUT2D eigenvalue weighted by Crippen LogP contribution is -2.36. The van der Waals surface area contributed by atoms with Crippen LogP contribution in [0.2, 0.25) is 5.02 Å². The van der Waals surface area contributed by atoms with Crippen LogP contribution in [-0.2, 0) is 19.4 Å². The van der Waals surface area contributed by atoms with Gasteiger partial charge in [-0.2, -0.15) is 0 Å². The van der Waals surface area contributed by atoms with Crippen LogP contribution < -0.4 is 5.32 Å². The van der Waals surface area contributed by atoms with Crippen LogP contribution in [0.5, 0.6) is 5.75 Å². The normalized spacial score (nSPS) is 24.1. The molecule has 1 atom stereocenters. The molecular formula is C16H22ClNO5S. The molecule has 1 amide bonds. The van der Waals surface area contributed by atoms with Crippen molar-refractivity contribution in [3.63, 3.8) is 0 Å². The Hall–Kier alpha value is -1.31. The van der Waals surface area contributed by atoms with Crippen LogP contribution in [0.3, 0.4) is 0 Å². The first-order valence-corrected chi connectivity index (χ1v) is 9.16. The summed E-state index contributed by atoms with van der Waals surface area (Å²) in [7, 11) is -4.63. The van der Waals surface area contributed by atoms with Gasteiger partial charge in [0.15, 0.2) is 15.6 Å². The van der Waals surface area contributed by atoms with E-state index in [9.17, 15) is 18.3 Å². The fraction of sp³-hybridized carbons (Fsp3) is 0.562. The molecule has 8 heteroatoms. The molecule has 1 fully saturated rings. The van der Waals surface area contributed by atoms with Crippen molar-refractivity contribution in [1.82, 2.24) is 0 Å². The molecule has 0 saturated carbocycles. The lowest BCUT2D eigenvalue weighted by atomic mass is 9.95. The Balaban J connectivity index is 2.64. The number of hydrogen-bond donors (Lipinski definition) is 2. The maximum Gasteiger partial charge on any atom is 0.229 e. The third-order valence-electron chi connectivity index (χ3n) is 3.78. The molecule has 1 saturated heterocycles. The summed E-state index contributed by atoms with van der Waals surface area (Å²) in [4.78, 5) is 11.5. The molecule has 24 heavy (non-hydrogen) atoms. The Morgan fingerprint density at radius 2 is 2.12 bits per heavy atom. The number of phenolic OH excluding ortho intramolecular Hbond substituents is 1. The average Bonchev–Trinajstić information content (AvgIpc) is 3.00. The third kappa shape index (κ3) is 3.25. The average molecular weight is 379 g/mol. The van der Waals surface area contributed by atoms with Gasteiger partial charge in [-0.25, -0.2) is 8.42 Å². The van der Waals surface area contributed by atoms with Crippen LogP contribution in [0, 0.1) is 5.41 Å². The molecule has 1 aliphatic rings. The smallest absolute Gasteiger partial charge is 0.229 e. The highest BCUT2D eigenvalue weighted by molar-refractivity contribution is 7.93. The predicted molar refractivity (Wildman–Crippen MR) is 92.2 cm³/mol. The van der Waals surface area contributed by atoms with E-state index in [2.05, 4.69) is 5.32 Å². The molecular weight excluding hydrogens is 354 g/mol. The summed E-state index contributed by atoms with van der Waals surface area (Å²) in [5, 5.41) is 12.7. The van der Waals surface area contributed by atoms with Gasteiger partial charge in [-0.15, -0.1) is 0 Å². The number of carbonyl (C=O) groups is 1. The maximum atomic E-state index is 13.3. The van der Waals surface area contributed by atoms with Gasteiger partial charge in [0.05, 0.1) is 22.1 Å². The van der Waals surface area contributed by atoms with Crippen molar-refractivity contribution in [1.29, 1.82) is 0 Å². The molecule has 1 aliphatic heterocycles. The summed E-state index contributed by atoms with van der Waals surface area (Å²) in [5.74, 6) is -1.26. The molecule has 0 aliphatic carbocycles. The summed E-state index contributed by atoms with van der Waals surface area (Å²) >= 11 is 6.03. The van der Waals surface area contributed by atoms with Gasteiger partial charge >= 0.3 is 0 Å². The quantitative estimate of drug-likeness (QED) is 0.789. The van der Waals surface area contributed by atoms with E-state index in [1.807, 2.05) is 0 Å². The van der Waals surface area contributed by atoms with Crippen LogP contribution in [-0.4, -0.2) is 37.4 Å². The highest BCUT2D eigenvalue weighted by Gasteiger charge is 2.46. The second kappa shape index (κ2) is 6.20. The molecule has 1 aromatic rings. The molecule has 0 aromatic heterocycles. The van der Waals surface area contributed by atoms with E-state index in [-0.39, 0.29) is 23.7 Å². The molecule has 6 nitrogen and oxygen atoms in total. The molecule has 1 aromatic carbocycles. The summed E-state index contributed by atoms with van der Waals surface area (Å²) in [6, 6.07) is 2.45. The summed E-state index contributed by atoms with van der Waals surface area (Å²) in [6.45, 7) is 1.45. The van der Waals surface area contributed by atoms with Gasteiger partial charge in [0.1, 0.15) is 4.90 Å². The standard InChI is InChI=1S/C16H22ClNO5S/c1-15(2,3)14(20)18-11-6-5-10(17)13(12(11)19)24(21,22)16(4)7-8-23-9-16/h5-6,19H,7-9H2,1-4H3,(H,18,20)/i4D3. The number of phenols is 1. The van der Waals surface area contributed by atoms with E-state index in [4.69, 9.17) is 20.5 Å². The van der Waals surface area contributed by atoms with E-state index >= 15 is 0 Å². The van der Waals surface area contributed by atoms with Crippen LogP contribution in [0.1, 0.15) is 38.2 Å². The minimum absolute atomic E-state index is 0.0452. The van der Waals surface area contributed by atoms with Crippen LogP contribution in [0.25, 0.3) is 0 Å². The summed E-state index contributed by atoms with van der Waals surface area (Å²) in [5.41, 5.74) is -0.970. The van der Waals surface area contributed by atoms with Gasteiger partial charge in [-0.3, -0.25) is 4.79 Å². The zero-order chi connectivity index (χ0) is 20.8. The fourth-order valence-electron chi connectivity index (χ4n) is 2.17. The second-order valence-corrected chi connectivity index (χ2v) is 9.38. The number of sulfone groups is 1. The minimum atomic E-state index is -4.63. The molecule has 0 radical (unpaired) electrons. The van der Waals surface area contributed by atoms with Gasteiger partial charge in [0, 0.05) is 16.1 Å². The third-order valence-corrected chi connectivity index (χ3v) is 6.51. The zero-order valence-electron chi connectivity index (χ0n) is 16.6. The number of benzene rings is 1. The number of amides is 1. The van der Waals surface area contributed by atoms with E-state index in [0.29, 0.717) is 0 Å². The van der Waals surface area contributed by atoms with Crippen molar-refractivity contribution in [2.45, 2.75) is 43.7 Å². The summed E-state index contributed by atoms with van der Waals surface area (Å²) in [6.07, 6.45) is -0.264. The van der Waals surface area contributed by atoms with Crippen molar-refractivity contribution < 1.29 is 27.2 Å². The van der Waals surface area contributed by atoms with E-state index in [1.54, 1.807) is 20.8 Å². The first-order valence-electron chi connectivity index (χ1n) is 8.80. The lowest BCUT2D eigenvalue weighted by molar-refractivity contribution is -0.123. The number of carbonyl (C=O) groups excluding carboxylic acids is 1. The number of hydrogen-bond acceptors (Lipinski definition) is 5. The molecule has 1 unspecified atom stereocenters. The zero-order valence-corrected chi connectivity index (χ0v) is 15.2. The minimum Gasteiger partial charge on any atom is -0.504 e. The van der Waals surface area contributed by atoms with Crippen molar-refractivity contribution in [3.8, 4) is 5.75 Å². The first kappa shape index (κ1) is 15.0. The van der Waals surface area contributed by atoms with Crippen LogP contribution in [0.15, 0.2) is 17.0 Å². The highest BCUT2D eigenvalue weighted by atomic mass is 35.5. The Morgan fingerprint density at radius 1 is 1.46 bits per heavy atom. The van der Waals surface area contributed by atoms with Gasteiger partial charge in [0.2, 0.25) is 5.91 Å². The monoisotopic (exact) mass is 378 g/mol. The molecule has 0 spiro atoms. The van der Waals surface area contributed by atoms with Gasteiger partial charge < -0.3 is 15.2 Å². The van der Waals surface area contributed by atoms with E-state index in [1.165, 1.54) is 12.1 Å². The number of anilines is 1.